The Morgan fingerprint density at radius 1 is 0.468 bits per heavy atom. The smallest absolute Gasteiger partial charge is 0.143 e. The quantitative estimate of drug-likeness (QED) is 0.178. The maximum Gasteiger partial charge on any atom is 0.143 e. The molecule has 1 aliphatic rings. The van der Waals surface area contributed by atoms with Gasteiger partial charge in [-0.15, -0.1) is 0 Å². The fourth-order valence-corrected chi connectivity index (χ4v) is 10.6. The number of hydrogen-bond acceptors (Lipinski definition) is 2. The van der Waals surface area contributed by atoms with Crippen LogP contribution < -0.4 is 15.3 Å². The van der Waals surface area contributed by atoms with E-state index in [1.165, 1.54) is 54.5 Å². The summed E-state index contributed by atoms with van der Waals surface area (Å²) in [5, 5.41) is 5.26. The second-order valence-corrected chi connectivity index (χ2v) is 17.3. The van der Waals surface area contributed by atoms with Crippen LogP contribution in [0, 0.1) is 0 Å². The van der Waals surface area contributed by atoms with E-state index in [0.717, 1.165) is 28.2 Å². The Labute approximate surface area is 276 Å². The number of fused-ring (bicyclic) bond motifs is 7. The maximum absolute atomic E-state index is 6.59. The third kappa shape index (κ3) is 4.39. The van der Waals surface area contributed by atoms with Gasteiger partial charge in [0, 0.05) is 33.3 Å². The zero-order valence-electron chi connectivity index (χ0n) is 26.4. The summed E-state index contributed by atoms with van der Waals surface area (Å²) in [7, 11) is -2.04. The summed E-state index contributed by atoms with van der Waals surface area (Å²) in [4.78, 5) is 2.43. The molecule has 0 saturated heterocycles. The topological polar surface area (TPSA) is 16.4 Å². The zero-order chi connectivity index (χ0) is 31.5. The summed E-state index contributed by atoms with van der Waals surface area (Å²) in [5.74, 6) is 0. The van der Waals surface area contributed by atoms with Crippen molar-refractivity contribution in [1.29, 1.82) is 0 Å². The lowest BCUT2D eigenvalue weighted by atomic mass is 9.99. The summed E-state index contributed by atoms with van der Waals surface area (Å²) in [6.07, 6.45) is 0. The van der Waals surface area contributed by atoms with Crippen molar-refractivity contribution >= 4 is 57.4 Å². The number of nitrogens with zero attached hydrogens (tertiary/aromatic N) is 1. The highest BCUT2D eigenvalue weighted by molar-refractivity contribution is 7.04. The lowest BCUT2D eigenvalue weighted by molar-refractivity contribution is 0.670. The van der Waals surface area contributed by atoms with Gasteiger partial charge < -0.3 is 9.32 Å². The zero-order valence-corrected chi connectivity index (χ0v) is 27.4. The largest absolute Gasteiger partial charge is 0.455 e. The van der Waals surface area contributed by atoms with E-state index >= 15 is 0 Å². The number of para-hydroxylation sites is 2. The number of anilines is 3. The Balaban J connectivity index is 1.24. The minimum Gasteiger partial charge on any atom is -0.455 e. The standard InChI is InChI=1S/C44H33NOSi/c1-47(2)41-28-27-37-36-18-10-12-20-40(36)46-44(37)43(41)38-26-25-34(29-42(38)47)45(33-23-21-31(22-24-33)30-13-5-3-6-14-30)39-19-11-9-17-35(39)32-15-7-4-8-16-32/h3-29H,1-2H3. The first-order chi connectivity index (χ1) is 23.1. The lowest BCUT2D eigenvalue weighted by Crippen LogP contribution is -2.49. The Morgan fingerprint density at radius 2 is 1.11 bits per heavy atom. The van der Waals surface area contributed by atoms with Gasteiger partial charge in [-0.25, -0.2) is 0 Å². The van der Waals surface area contributed by atoms with Crippen LogP contribution in [0.15, 0.2) is 168 Å². The van der Waals surface area contributed by atoms with Crippen molar-refractivity contribution in [3.63, 3.8) is 0 Å². The molecular weight excluding hydrogens is 587 g/mol. The maximum atomic E-state index is 6.59. The van der Waals surface area contributed by atoms with Gasteiger partial charge in [-0.2, -0.15) is 0 Å². The highest BCUT2D eigenvalue weighted by atomic mass is 28.3. The molecule has 224 valence electrons. The van der Waals surface area contributed by atoms with E-state index in [0.29, 0.717) is 0 Å². The molecule has 3 heteroatoms. The minimum atomic E-state index is -2.04. The highest BCUT2D eigenvalue weighted by Gasteiger charge is 2.40. The highest BCUT2D eigenvalue weighted by Crippen LogP contribution is 2.44. The molecule has 0 unspecified atom stereocenters. The minimum absolute atomic E-state index is 0.947. The molecule has 1 aliphatic heterocycles. The van der Waals surface area contributed by atoms with Gasteiger partial charge in [0.05, 0.1) is 5.69 Å². The van der Waals surface area contributed by atoms with Crippen molar-refractivity contribution in [2.75, 3.05) is 4.90 Å². The second-order valence-electron chi connectivity index (χ2n) is 12.9. The van der Waals surface area contributed by atoms with Crippen molar-refractivity contribution in [3.05, 3.63) is 164 Å². The molecule has 0 radical (unpaired) electrons. The molecule has 0 aliphatic carbocycles. The SMILES string of the molecule is C[Si]1(C)c2cc(N(c3ccc(-c4ccccc4)cc3)c3ccccc3-c3ccccc3)ccc2-c2c1ccc1c2oc2ccccc21. The molecule has 47 heavy (non-hydrogen) atoms. The molecule has 0 amide bonds. The Kier molecular flexibility index (Phi) is 6.31. The van der Waals surface area contributed by atoms with Gasteiger partial charge in [0.2, 0.25) is 0 Å². The molecule has 0 bridgehead atoms. The Bertz CT molecular complexity index is 2420. The van der Waals surface area contributed by atoms with Crippen LogP contribution in [0.4, 0.5) is 17.1 Å². The fourth-order valence-electron chi connectivity index (χ4n) is 7.52. The first-order valence-corrected chi connectivity index (χ1v) is 19.3. The van der Waals surface area contributed by atoms with Crippen molar-refractivity contribution in [2.45, 2.75) is 13.1 Å². The van der Waals surface area contributed by atoms with Gasteiger partial charge in [-0.3, -0.25) is 0 Å². The van der Waals surface area contributed by atoms with E-state index in [1.807, 2.05) is 0 Å². The molecule has 2 nitrogen and oxygen atoms in total. The van der Waals surface area contributed by atoms with Crippen LogP contribution in [0.25, 0.3) is 55.3 Å². The van der Waals surface area contributed by atoms with Crippen LogP contribution in [-0.4, -0.2) is 8.07 Å². The number of rotatable bonds is 5. The third-order valence-electron chi connectivity index (χ3n) is 9.89. The molecule has 2 heterocycles. The molecule has 7 aromatic carbocycles. The predicted molar refractivity (Wildman–Crippen MR) is 201 cm³/mol. The first-order valence-electron chi connectivity index (χ1n) is 16.3. The van der Waals surface area contributed by atoms with Crippen LogP contribution in [0.1, 0.15) is 0 Å². The van der Waals surface area contributed by atoms with Gasteiger partial charge in [0.15, 0.2) is 0 Å². The fraction of sp³-hybridized carbons (Fsp3) is 0.0455. The molecule has 1 aromatic heterocycles. The Hall–Kier alpha value is -5.64. The molecular formula is C44H33NOSi. The van der Waals surface area contributed by atoms with E-state index in [1.54, 1.807) is 0 Å². The summed E-state index contributed by atoms with van der Waals surface area (Å²) in [6, 6.07) is 59.2. The van der Waals surface area contributed by atoms with E-state index in [2.05, 4.69) is 182 Å². The average molecular weight is 620 g/mol. The van der Waals surface area contributed by atoms with E-state index in [-0.39, 0.29) is 0 Å². The van der Waals surface area contributed by atoms with Crippen LogP contribution >= 0.6 is 0 Å². The van der Waals surface area contributed by atoms with Gasteiger partial charge in [0.25, 0.3) is 0 Å². The third-order valence-corrected chi connectivity index (χ3v) is 13.4. The van der Waals surface area contributed by atoms with Crippen molar-refractivity contribution in [1.82, 2.24) is 0 Å². The summed E-state index contributed by atoms with van der Waals surface area (Å²) in [5.41, 5.74) is 12.8. The predicted octanol–water partition coefficient (Wildman–Crippen LogP) is 11.2. The van der Waals surface area contributed by atoms with Crippen LogP contribution in [-0.2, 0) is 0 Å². The lowest BCUT2D eigenvalue weighted by Gasteiger charge is -2.29. The number of furan rings is 1. The second kappa shape index (κ2) is 10.7. The van der Waals surface area contributed by atoms with Crippen molar-refractivity contribution in [2.24, 2.45) is 0 Å². The number of benzene rings is 7. The van der Waals surface area contributed by atoms with Crippen molar-refractivity contribution < 1.29 is 4.42 Å². The first kappa shape index (κ1) is 27.6. The van der Waals surface area contributed by atoms with Gasteiger partial charge in [0.1, 0.15) is 19.2 Å². The van der Waals surface area contributed by atoms with Gasteiger partial charge >= 0.3 is 0 Å². The normalized spacial score (nSPS) is 13.1. The van der Waals surface area contributed by atoms with Crippen molar-refractivity contribution in [3.8, 4) is 33.4 Å². The molecule has 8 aromatic rings. The van der Waals surface area contributed by atoms with E-state index in [9.17, 15) is 0 Å². The summed E-state index contributed by atoms with van der Waals surface area (Å²) >= 11 is 0. The molecule has 0 N–H and O–H groups in total. The molecule has 0 saturated carbocycles. The van der Waals surface area contributed by atoms with Gasteiger partial charge in [-0.1, -0.05) is 140 Å². The van der Waals surface area contributed by atoms with Crippen LogP contribution in [0.2, 0.25) is 13.1 Å². The summed E-state index contributed by atoms with van der Waals surface area (Å²) in [6.45, 7) is 4.96. The van der Waals surface area contributed by atoms with Crippen LogP contribution in [0.3, 0.4) is 0 Å². The monoisotopic (exact) mass is 619 g/mol. The molecule has 0 fully saturated rings. The molecule has 0 spiro atoms. The average Bonchev–Trinajstić information content (AvgIpc) is 3.62. The van der Waals surface area contributed by atoms with E-state index < -0.39 is 8.07 Å². The summed E-state index contributed by atoms with van der Waals surface area (Å²) < 4.78 is 6.59. The molecule has 9 rings (SSSR count). The molecule has 0 atom stereocenters. The Morgan fingerprint density at radius 3 is 1.89 bits per heavy atom. The number of hydrogen-bond donors (Lipinski definition) is 0. The van der Waals surface area contributed by atoms with Gasteiger partial charge in [-0.05, 0) is 69.0 Å². The van der Waals surface area contributed by atoms with Crippen LogP contribution in [0.5, 0.6) is 0 Å². The van der Waals surface area contributed by atoms with E-state index in [4.69, 9.17) is 4.42 Å².